The fourth-order valence-corrected chi connectivity index (χ4v) is 5.22. The number of aryl methyl sites for hydroxylation is 1. The SMILES string of the molecule is COC(=O)N1CCC(Nc2cc(C)c(-c3cc(OC)ccn3)c(COC3CCCC3)c2)(C(=O)O)CC1. The van der Waals surface area contributed by atoms with Gasteiger partial charge >= 0.3 is 12.1 Å². The maximum Gasteiger partial charge on any atom is 0.409 e. The number of carboxylic acid groups (broad SMARTS) is 1. The van der Waals surface area contributed by atoms with E-state index < -0.39 is 17.6 Å². The summed E-state index contributed by atoms with van der Waals surface area (Å²) in [5, 5.41) is 13.5. The molecule has 9 heteroatoms. The van der Waals surface area contributed by atoms with Crippen molar-refractivity contribution < 1.29 is 28.9 Å². The summed E-state index contributed by atoms with van der Waals surface area (Å²) in [4.78, 5) is 30.4. The summed E-state index contributed by atoms with van der Waals surface area (Å²) in [7, 11) is 2.95. The molecule has 2 aliphatic rings. The molecule has 0 unspecified atom stereocenters. The molecule has 1 aromatic heterocycles. The van der Waals surface area contributed by atoms with Gasteiger partial charge in [-0.05, 0) is 61.9 Å². The highest BCUT2D eigenvalue weighted by atomic mass is 16.5. The Morgan fingerprint density at radius 3 is 2.53 bits per heavy atom. The summed E-state index contributed by atoms with van der Waals surface area (Å²) < 4.78 is 16.5. The monoisotopic (exact) mass is 497 g/mol. The first kappa shape index (κ1) is 25.8. The Bertz CT molecular complexity index is 1090. The van der Waals surface area contributed by atoms with Crippen LogP contribution in [0.15, 0.2) is 30.5 Å². The summed E-state index contributed by atoms with van der Waals surface area (Å²) in [5.41, 5.74) is 3.16. The zero-order valence-corrected chi connectivity index (χ0v) is 21.2. The molecular formula is C27H35N3O6. The van der Waals surface area contributed by atoms with Gasteiger partial charge in [0.1, 0.15) is 11.3 Å². The molecule has 1 aliphatic carbocycles. The normalized spacial score (nSPS) is 17.6. The van der Waals surface area contributed by atoms with Crippen LogP contribution in [0, 0.1) is 6.92 Å². The highest BCUT2D eigenvalue weighted by molar-refractivity contribution is 5.84. The summed E-state index contributed by atoms with van der Waals surface area (Å²) in [6, 6.07) is 7.62. The average molecular weight is 498 g/mol. The Kier molecular flexibility index (Phi) is 7.98. The van der Waals surface area contributed by atoms with Crippen LogP contribution in [-0.2, 0) is 20.9 Å². The maximum absolute atomic E-state index is 12.4. The average Bonchev–Trinajstić information content (AvgIpc) is 3.41. The van der Waals surface area contributed by atoms with Crippen LogP contribution in [0.3, 0.4) is 0 Å². The second-order valence-electron chi connectivity index (χ2n) is 9.59. The van der Waals surface area contributed by atoms with E-state index in [-0.39, 0.29) is 18.9 Å². The highest BCUT2D eigenvalue weighted by Crippen LogP contribution is 2.35. The number of nitrogens with one attached hydrogen (secondary N) is 1. The number of pyridine rings is 1. The zero-order valence-electron chi connectivity index (χ0n) is 21.2. The van der Waals surface area contributed by atoms with E-state index in [1.807, 2.05) is 25.1 Å². The van der Waals surface area contributed by atoms with E-state index in [4.69, 9.17) is 14.2 Å². The second-order valence-corrected chi connectivity index (χ2v) is 9.59. The number of amides is 1. The molecule has 1 saturated heterocycles. The molecule has 2 heterocycles. The molecular weight excluding hydrogens is 462 g/mol. The molecule has 1 saturated carbocycles. The molecule has 1 aliphatic heterocycles. The van der Waals surface area contributed by atoms with Crippen LogP contribution in [0.1, 0.15) is 49.7 Å². The molecule has 2 fully saturated rings. The van der Waals surface area contributed by atoms with Crippen LogP contribution in [-0.4, -0.2) is 66.0 Å². The van der Waals surface area contributed by atoms with Crippen molar-refractivity contribution >= 4 is 17.7 Å². The number of likely N-dealkylation sites (tertiary alicyclic amines) is 1. The Labute approximate surface area is 211 Å². The van der Waals surface area contributed by atoms with E-state index in [2.05, 4.69) is 10.3 Å². The summed E-state index contributed by atoms with van der Waals surface area (Å²) in [6.07, 6.45) is 6.53. The number of hydrogen-bond donors (Lipinski definition) is 2. The number of rotatable bonds is 8. The number of hydrogen-bond acceptors (Lipinski definition) is 7. The molecule has 194 valence electrons. The summed E-state index contributed by atoms with van der Waals surface area (Å²) in [5.74, 6) is -0.224. The third-order valence-electron chi connectivity index (χ3n) is 7.26. The topological polar surface area (TPSA) is 110 Å². The zero-order chi connectivity index (χ0) is 25.7. The third kappa shape index (κ3) is 5.56. The molecule has 1 amide bonds. The number of carboxylic acids is 1. The number of aliphatic carboxylic acids is 1. The molecule has 1 aromatic carbocycles. The number of nitrogens with zero attached hydrogens (tertiary/aromatic N) is 2. The predicted octanol–water partition coefficient (Wildman–Crippen LogP) is 4.62. The summed E-state index contributed by atoms with van der Waals surface area (Å²) in [6.45, 7) is 3.00. The number of carbonyl (C=O) groups excluding carboxylic acids is 1. The van der Waals surface area contributed by atoms with Crippen molar-refractivity contribution in [1.82, 2.24) is 9.88 Å². The van der Waals surface area contributed by atoms with Gasteiger partial charge in [-0.1, -0.05) is 12.8 Å². The molecule has 0 atom stereocenters. The van der Waals surface area contributed by atoms with Crippen LogP contribution >= 0.6 is 0 Å². The van der Waals surface area contributed by atoms with Gasteiger partial charge in [-0.25, -0.2) is 9.59 Å². The molecule has 4 rings (SSSR count). The van der Waals surface area contributed by atoms with Crippen LogP contribution in [0.2, 0.25) is 0 Å². The fourth-order valence-electron chi connectivity index (χ4n) is 5.22. The Morgan fingerprint density at radius 1 is 1.17 bits per heavy atom. The van der Waals surface area contributed by atoms with Gasteiger partial charge < -0.3 is 29.5 Å². The molecule has 0 bridgehead atoms. The minimum atomic E-state index is -1.18. The molecule has 0 radical (unpaired) electrons. The van der Waals surface area contributed by atoms with E-state index in [1.54, 1.807) is 19.4 Å². The first-order valence-electron chi connectivity index (χ1n) is 12.5. The lowest BCUT2D eigenvalue weighted by atomic mass is 9.86. The minimum Gasteiger partial charge on any atom is -0.497 e. The van der Waals surface area contributed by atoms with Crippen LogP contribution in [0.5, 0.6) is 5.75 Å². The first-order chi connectivity index (χ1) is 17.3. The van der Waals surface area contributed by atoms with Crippen molar-refractivity contribution in [3.05, 3.63) is 41.6 Å². The smallest absolute Gasteiger partial charge is 0.409 e. The van der Waals surface area contributed by atoms with Gasteiger partial charge in [-0.15, -0.1) is 0 Å². The number of carbonyl (C=O) groups is 2. The Morgan fingerprint density at radius 2 is 1.89 bits per heavy atom. The van der Waals surface area contributed by atoms with Crippen molar-refractivity contribution in [2.24, 2.45) is 0 Å². The molecule has 2 aromatic rings. The number of anilines is 1. The van der Waals surface area contributed by atoms with Crippen molar-refractivity contribution in [3.63, 3.8) is 0 Å². The number of piperidine rings is 1. The van der Waals surface area contributed by atoms with E-state index in [9.17, 15) is 14.7 Å². The molecule has 2 N–H and O–H groups in total. The lowest BCUT2D eigenvalue weighted by molar-refractivity contribution is -0.144. The third-order valence-corrected chi connectivity index (χ3v) is 7.26. The molecule has 36 heavy (non-hydrogen) atoms. The van der Waals surface area contributed by atoms with Crippen LogP contribution in [0.4, 0.5) is 10.5 Å². The van der Waals surface area contributed by atoms with Gasteiger partial charge in [0.25, 0.3) is 0 Å². The van der Waals surface area contributed by atoms with E-state index >= 15 is 0 Å². The lowest BCUT2D eigenvalue weighted by Gasteiger charge is -2.39. The lowest BCUT2D eigenvalue weighted by Crippen LogP contribution is -2.55. The van der Waals surface area contributed by atoms with Crippen molar-refractivity contribution in [2.75, 3.05) is 32.6 Å². The van der Waals surface area contributed by atoms with E-state index in [1.165, 1.54) is 24.9 Å². The maximum atomic E-state index is 12.4. The fraction of sp³-hybridized carbons (Fsp3) is 0.519. The largest absolute Gasteiger partial charge is 0.497 e. The van der Waals surface area contributed by atoms with Crippen molar-refractivity contribution in [2.45, 2.75) is 63.7 Å². The highest BCUT2D eigenvalue weighted by Gasteiger charge is 2.43. The van der Waals surface area contributed by atoms with Gasteiger partial charge in [0.2, 0.25) is 0 Å². The Hall–Kier alpha value is -3.33. The molecule has 0 spiro atoms. The number of aromatic nitrogens is 1. The van der Waals surface area contributed by atoms with Gasteiger partial charge in [0, 0.05) is 36.6 Å². The number of ether oxygens (including phenoxy) is 3. The quantitative estimate of drug-likeness (QED) is 0.544. The number of methoxy groups -OCH3 is 2. The predicted molar refractivity (Wildman–Crippen MR) is 135 cm³/mol. The van der Waals surface area contributed by atoms with E-state index in [0.717, 1.165) is 35.2 Å². The van der Waals surface area contributed by atoms with Crippen molar-refractivity contribution in [3.8, 4) is 17.0 Å². The van der Waals surface area contributed by atoms with Gasteiger partial charge in [0.05, 0.1) is 32.6 Å². The molecule has 9 nitrogen and oxygen atoms in total. The van der Waals surface area contributed by atoms with Crippen LogP contribution in [0.25, 0.3) is 11.3 Å². The second kappa shape index (κ2) is 11.2. The van der Waals surface area contributed by atoms with E-state index in [0.29, 0.717) is 31.1 Å². The van der Waals surface area contributed by atoms with Crippen LogP contribution < -0.4 is 10.1 Å². The number of benzene rings is 1. The van der Waals surface area contributed by atoms with Gasteiger partial charge in [-0.3, -0.25) is 4.98 Å². The first-order valence-corrected chi connectivity index (χ1v) is 12.5. The van der Waals surface area contributed by atoms with Gasteiger partial charge in [-0.2, -0.15) is 0 Å². The summed E-state index contributed by atoms with van der Waals surface area (Å²) >= 11 is 0. The Balaban J connectivity index is 1.65. The van der Waals surface area contributed by atoms with Gasteiger partial charge in [0.15, 0.2) is 0 Å². The minimum absolute atomic E-state index is 0.237. The standard InChI is InChI=1S/C27H35N3O6/c1-18-14-20(29-27(25(31)32)9-12-30(13-10-27)26(33)35-3)15-19(17-36-21-6-4-5-7-21)24(18)23-16-22(34-2)8-11-28-23/h8,11,14-16,21,29H,4-7,9-10,12-13,17H2,1-3H3,(H,31,32). The van der Waals surface area contributed by atoms with Crippen molar-refractivity contribution in [1.29, 1.82) is 0 Å².